The Hall–Kier alpha value is -1.36. The van der Waals surface area contributed by atoms with Gasteiger partial charge in [0.05, 0.1) is 4.88 Å². The summed E-state index contributed by atoms with van der Waals surface area (Å²) in [5.74, 6) is -1.03. The number of thiophene rings is 1. The van der Waals surface area contributed by atoms with Gasteiger partial charge in [-0.3, -0.25) is 4.79 Å². The van der Waals surface area contributed by atoms with Crippen LogP contribution in [0.3, 0.4) is 0 Å². The molecule has 0 aliphatic carbocycles. The van der Waals surface area contributed by atoms with E-state index >= 15 is 0 Å². The third-order valence-corrected chi connectivity index (χ3v) is 4.52. The number of aryl methyl sites for hydroxylation is 2. The molecular weight excluding hydrogens is 286 g/mol. The molecule has 0 saturated heterocycles. The number of carbonyl (C=O) groups is 2. The molecule has 1 rings (SSSR count). The van der Waals surface area contributed by atoms with Gasteiger partial charge in [-0.25, -0.2) is 4.79 Å². The molecule has 0 unspecified atom stereocenters. The van der Waals surface area contributed by atoms with Gasteiger partial charge >= 0.3 is 5.97 Å². The molecule has 1 heterocycles. The summed E-state index contributed by atoms with van der Waals surface area (Å²) in [6.07, 6.45) is 3.34. The molecule has 0 aromatic carbocycles. The molecule has 0 bridgehead atoms. The summed E-state index contributed by atoms with van der Waals surface area (Å²) in [4.78, 5) is 25.3. The van der Waals surface area contributed by atoms with Crippen molar-refractivity contribution in [2.24, 2.45) is 5.92 Å². The molecule has 0 radical (unpaired) electrons. The SMILES string of the molecule is CCCc1sc(C(=O)N[C@H](CC(C)C)C(=O)O)cc1CC. The fourth-order valence-corrected chi connectivity index (χ4v) is 3.50. The number of carboxylic acids is 1. The predicted octanol–water partition coefficient (Wildman–Crippen LogP) is 3.49. The summed E-state index contributed by atoms with van der Waals surface area (Å²) in [5, 5.41) is 11.8. The molecule has 118 valence electrons. The van der Waals surface area contributed by atoms with Crippen molar-refractivity contribution in [3.8, 4) is 0 Å². The Morgan fingerprint density at radius 3 is 2.48 bits per heavy atom. The number of nitrogens with one attached hydrogen (secondary N) is 1. The normalized spacial score (nSPS) is 12.4. The van der Waals surface area contributed by atoms with Crippen molar-refractivity contribution < 1.29 is 14.7 Å². The Morgan fingerprint density at radius 1 is 1.33 bits per heavy atom. The van der Waals surface area contributed by atoms with Crippen LogP contribution in [0, 0.1) is 5.92 Å². The highest BCUT2D eigenvalue weighted by atomic mass is 32.1. The summed E-state index contributed by atoms with van der Waals surface area (Å²) in [6.45, 7) is 8.08. The summed E-state index contributed by atoms with van der Waals surface area (Å²) in [6, 6.07) is 1.08. The lowest BCUT2D eigenvalue weighted by Crippen LogP contribution is -2.41. The number of aliphatic carboxylic acids is 1. The Labute approximate surface area is 130 Å². The summed E-state index contributed by atoms with van der Waals surface area (Å²) in [5.41, 5.74) is 1.20. The smallest absolute Gasteiger partial charge is 0.326 e. The van der Waals surface area contributed by atoms with Crippen LogP contribution in [0.25, 0.3) is 0 Å². The Balaban J connectivity index is 2.84. The van der Waals surface area contributed by atoms with Crippen LogP contribution in [0.2, 0.25) is 0 Å². The van der Waals surface area contributed by atoms with E-state index in [1.54, 1.807) is 0 Å². The van der Waals surface area contributed by atoms with E-state index in [1.165, 1.54) is 21.8 Å². The van der Waals surface area contributed by atoms with Gasteiger partial charge in [0.25, 0.3) is 5.91 Å². The van der Waals surface area contributed by atoms with Crippen LogP contribution in [0.5, 0.6) is 0 Å². The van der Waals surface area contributed by atoms with E-state index in [0.29, 0.717) is 11.3 Å². The zero-order valence-corrected chi connectivity index (χ0v) is 14.0. The molecule has 0 spiro atoms. The van der Waals surface area contributed by atoms with Crippen LogP contribution >= 0.6 is 11.3 Å². The first kappa shape index (κ1) is 17.7. The van der Waals surface area contributed by atoms with Crippen LogP contribution in [0.1, 0.15) is 60.6 Å². The highest BCUT2D eigenvalue weighted by Gasteiger charge is 2.23. The van der Waals surface area contributed by atoms with Crippen molar-refractivity contribution in [2.45, 2.75) is 59.4 Å². The second-order valence-electron chi connectivity index (χ2n) is 5.66. The van der Waals surface area contributed by atoms with Gasteiger partial charge in [-0.1, -0.05) is 34.1 Å². The van der Waals surface area contributed by atoms with E-state index in [0.717, 1.165) is 19.3 Å². The summed E-state index contributed by atoms with van der Waals surface area (Å²) >= 11 is 1.48. The Bertz CT molecular complexity index is 494. The number of hydrogen-bond acceptors (Lipinski definition) is 3. The summed E-state index contributed by atoms with van der Waals surface area (Å²) in [7, 11) is 0. The second-order valence-corrected chi connectivity index (χ2v) is 6.79. The zero-order chi connectivity index (χ0) is 16.0. The molecule has 1 amide bonds. The largest absolute Gasteiger partial charge is 0.480 e. The van der Waals surface area contributed by atoms with Gasteiger partial charge in [0.2, 0.25) is 0 Å². The first-order valence-corrected chi connectivity index (χ1v) is 8.35. The zero-order valence-electron chi connectivity index (χ0n) is 13.2. The van der Waals surface area contributed by atoms with Gasteiger partial charge in [0.15, 0.2) is 0 Å². The molecule has 1 aromatic heterocycles. The average molecular weight is 311 g/mol. The van der Waals surface area contributed by atoms with Crippen molar-refractivity contribution in [1.82, 2.24) is 5.32 Å². The van der Waals surface area contributed by atoms with Gasteiger partial charge in [-0.15, -0.1) is 11.3 Å². The number of rotatable bonds is 8. The van der Waals surface area contributed by atoms with Crippen molar-refractivity contribution in [1.29, 1.82) is 0 Å². The molecule has 0 aliphatic rings. The standard InChI is InChI=1S/C16H25NO3S/c1-5-7-13-11(6-2)9-14(21-13)15(18)17-12(16(19)20)8-10(3)4/h9-10,12H,5-8H2,1-4H3,(H,17,18)(H,19,20)/t12-/m1/s1. The molecule has 21 heavy (non-hydrogen) atoms. The lowest BCUT2D eigenvalue weighted by molar-refractivity contribution is -0.139. The van der Waals surface area contributed by atoms with E-state index in [2.05, 4.69) is 19.2 Å². The van der Waals surface area contributed by atoms with Crippen molar-refractivity contribution >= 4 is 23.2 Å². The second kappa shape index (κ2) is 8.17. The lowest BCUT2D eigenvalue weighted by Gasteiger charge is -2.15. The maximum Gasteiger partial charge on any atom is 0.326 e. The van der Waals surface area contributed by atoms with Crippen molar-refractivity contribution in [2.75, 3.05) is 0 Å². The molecule has 4 nitrogen and oxygen atoms in total. The molecule has 0 fully saturated rings. The van der Waals surface area contributed by atoms with E-state index in [-0.39, 0.29) is 11.8 Å². The van der Waals surface area contributed by atoms with Gasteiger partial charge in [-0.2, -0.15) is 0 Å². The third-order valence-electron chi connectivity index (χ3n) is 3.29. The monoisotopic (exact) mass is 311 g/mol. The van der Waals surface area contributed by atoms with E-state index in [4.69, 9.17) is 0 Å². The molecule has 2 N–H and O–H groups in total. The highest BCUT2D eigenvalue weighted by molar-refractivity contribution is 7.14. The molecule has 5 heteroatoms. The highest BCUT2D eigenvalue weighted by Crippen LogP contribution is 2.24. The molecule has 1 aromatic rings. The minimum Gasteiger partial charge on any atom is -0.480 e. The van der Waals surface area contributed by atoms with Crippen LogP contribution < -0.4 is 5.32 Å². The number of carboxylic acid groups (broad SMARTS) is 1. The van der Waals surface area contributed by atoms with Gasteiger partial charge in [0, 0.05) is 4.88 Å². The van der Waals surface area contributed by atoms with Crippen LogP contribution in [-0.2, 0) is 17.6 Å². The lowest BCUT2D eigenvalue weighted by atomic mass is 10.0. The van der Waals surface area contributed by atoms with E-state index in [9.17, 15) is 14.7 Å². The minimum atomic E-state index is -0.974. The van der Waals surface area contributed by atoms with Gasteiger partial charge < -0.3 is 10.4 Å². The Kier molecular flexibility index (Phi) is 6.89. The fraction of sp³-hybridized carbons (Fsp3) is 0.625. The first-order valence-electron chi connectivity index (χ1n) is 7.54. The van der Waals surface area contributed by atoms with Gasteiger partial charge in [0.1, 0.15) is 6.04 Å². The fourth-order valence-electron chi connectivity index (χ4n) is 2.24. The Morgan fingerprint density at radius 2 is 2.00 bits per heavy atom. The van der Waals surface area contributed by atoms with Crippen LogP contribution in [0.15, 0.2) is 6.07 Å². The minimum absolute atomic E-state index is 0.219. The average Bonchev–Trinajstić information content (AvgIpc) is 2.81. The first-order chi connectivity index (χ1) is 9.88. The summed E-state index contributed by atoms with van der Waals surface area (Å²) < 4.78 is 0. The molecular formula is C16H25NO3S. The number of amides is 1. The van der Waals surface area contributed by atoms with E-state index in [1.807, 2.05) is 19.9 Å². The molecule has 0 aliphatic heterocycles. The van der Waals surface area contributed by atoms with Crippen molar-refractivity contribution in [3.63, 3.8) is 0 Å². The van der Waals surface area contributed by atoms with Crippen LogP contribution in [0.4, 0.5) is 0 Å². The topological polar surface area (TPSA) is 66.4 Å². The van der Waals surface area contributed by atoms with Gasteiger partial charge in [-0.05, 0) is 36.8 Å². The maximum absolute atomic E-state index is 12.3. The predicted molar refractivity (Wildman–Crippen MR) is 86.0 cm³/mol. The molecule has 1 atom stereocenters. The van der Waals surface area contributed by atoms with Crippen LogP contribution in [-0.4, -0.2) is 23.0 Å². The maximum atomic E-state index is 12.3. The number of hydrogen-bond donors (Lipinski definition) is 2. The number of carbonyl (C=O) groups excluding carboxylic acids is 1. The molecule has 0 saturated carbocycles. The quantitative estimate of drug-likeness (QED) is 0.772. The third kappa shape index (κ3) is 5.16. The van der Waals surface area contributed by atoms with E-state index < -0.39 is 12.0 Å². The van der Waals surface area contributed by atoms with Crippen molar-refractivity contribution in [3.05, 3.63) is 21.4 Å².